The van der Waals surface area contributed by atoms with Crippen LogP contribution in [0.4, 0.5) is 0 Å². The van der Waals surface area contributed by atoms with E-state index in [9.17, 15) is 4.79 Å². The molecule has 0 rings (SSSR count). The van der Waals surface area contributed by atoms with Crippen LogP contribution < -0.4 is 0 Å². The average Bonchev–Trinajstić information content (AvgIpc) is 2.55. The van der Waals surface area contributed by atoms with Gasteiger partial charge in [0.1, 0.15) is 0 Å². The molecule has 0 aromatic carbocycles. The molecule has 0 saturated heterocycles. The van der Waals surface area contributed by atoms with Gasteiger partial charge in [0.05, 0.1) is 0 Å². The molecule has 0 spiro atoms. The summed E-state index contributed by atoms with van der Waals surface area (Å²) in [5.41, 5.74) is 0. The molecule has 0 N–H and O–H groups in total. The Morgan fingerprint density at radius 3 is 1.52 bits per heavy atom. The first kappa shape index (κ1) is 23.5. The third-order valence-electron chi connectivity index (χ3n) is 4.68. The number of carbonyl (C=O) groups is 1. The normalized spacial score (nSPS) is 12.3. The molecule has 0 radical (unpaired) electrons. The molecule has 0 amide bonds. The summed E-state index contributed by atoms with van der Waals surface area (Å²) < 4.78 is 5.28. The second-order valence-electron chi connectivity index (χ2n) is 7.04. The SMILES string of the molecule is CCCCCCCCCCCCCCCC[CH]([Na])C(=O)OCC. The van der Waals surface area contributed by atoms with Crippen LogP contribution in [0.3, 0.4) is 0 Å². The van der Waals surface area contributed by atoms with Gasteiger partial charge in [-0.05, 0) is 0 Å². The van der Waals surface area contributed by atoms with Crippen molar-refractivity contribution in [3.05, 3.63) is 0 Å². The number of unbranched alkanes of at least 4 members (excludes halogenated alkanes) is 13. The molecule has 3 heteroatoms. The van der Waals surface area contributed by atoms with Crippen LogP contribution in [0, 0.1) is 0 Å². The molecule has 0 aromatic rings. The molecule has 2 nitrogen and oxygen atoms in total. The van der Waals surface area contributed by atoms with Crippen LogP contribution in [0.15, 0.2) is 0 Å². The minimum atomic E-state index is 0.0360. The monoisotopic (exact) mass is 334 g/mol. The summed E-state index contributed by atoms with van der Waals surface area (Å²) in [5.74, 6) is 0.0360. The first-order valence-corrected chi connectivity index (χ1v) is 11.5. The maximum atomic E-state index is 11.5. The topological polar surface area (TPSA) is 26.3 Å². The number of rotatable bonds is 17. The van der Waals surface area contributed by atoms with Crippen LogP contribution in [-0.2, 0) is 9.53 Å². The van der Waals surface area contributed by atoms with E-state index in [0.29, 0.717) is 6.61 Å². The molecule has 132 valence electrons. The average molecular weight is 335 g/mol. The van der Waals surface area contributed by atoms with Crippen molar-refractivity contribution in [1.82, 2.24) is 0 Å². The van der Waals surface area contributed by atoms with Gasteiger partial charge in [-0.25, -0.2) is 0 Å². The van der Waals surface area contributed by atoms with Crippen molar-refractivity contribution in [3.8, 4) is 0 Å². The number of hydrogen-bond donors (Lipinski definition) is 0. The van der Waals surface area contributed by atoms with E-state index in [1.807, 2.05) is 6.92 Å². The standard InChI is InChI=1S/C20H39O2.Na/c1-3-5-6-7-8-9-10-11-12-13-14-15-16-17-18-19-20(21)22-4-2;/h19H,3-18H2,1-2H3;. The summed E-state index contributed by atoms with van der Waals surface area (Å²) >= 11 is 0.934. The van der Waals surface area contributed by atoms with Gasteiger partial charge in [-0.3, -0.25) is 0 Å². The van der Waals surface area contributed by atoms with Crippen LogP contribution in [0.1, 0.15) is 110 Å². The van der Waals surface area contributed by atoms with Gasteiger partial charge >= 0.3 is 131 Å². The van der Waals surface area contributed by atoms with E-state index in [2.05, 4.69) is 6.92 Å². The number of ether oxygens (including phenoxy) is 1. The van der Waals surface area contributed by atoms with Crippen molar-refractivity contribution in [3.63, 3.8) is 0 Å². The van der Waals surface area contributed by atoms with E-state index in [0.717, 1.165) is 34.4 Å². The van der Waals surface area contributed by atoms with Crippen LogP contribution in [0.25, 0.3) is 0 Å². The van der Waals surface area contributed by atoms with Gasteiger partial charge in [-0.1, -0.05) is 32.6 Å². The van der Waals surface area contributed by atoms with E-state index in [1.54, 1.807) is 0 Å². The third-order valence-corrected chi connectivity index (χ3v) is 5.73. The summed E-state index contributed by atoms with van der Waals surface area (Å²) in [4.78, 5) is 11.5. The fourth-order valence-corrected chi connectivity index (χ4v) is 3.62. The second kappa shape index (κ2) is 18.8. The first-order valence-electron chi connectivity index (χ1n) is 10.4. The van der Waals surface area contributed by atoms with Crippen LogP contribution in [-0.4, -0.2) is 40.5 Å². The summed E-state index contributed by atoms with van der Waals surface area (Å²) in [6.07, 6.45) is 20.5. The van der Waals surface area contributed by atoms with Crippen molar-refractivity contribution < 1.29 is 9.53 Å². The van der Waals surface area contributed by atoms with Crippen molar-refractivity contribution in [2.75, 3.05) is 6.61 Å². The van der Waals surface area contributed by atoms with Gasteiger partial charge in [0, 0.05) is 0 Å². The van der Waals surface area contributed by atoms with E-state index >= 15 is 0 Å². The predicted molar refractivity (Wildman–Crippen MR) is 101 cm³/mol. The Balaban J connectivity index is 3.14. The third kappa shape index (κ3) is 17.1. The zero-order chi connectivity index (χ0) is 17.2. The van der Waals surface area contributed by atoms with Crippen LogP contribution >= 0.6 is 0 Å². The van der Waals surface area contributed by atoms with E-state index in [1.165, 1.54) is 89.9 Å². The number of hydrogen-bond acceptors (Lipinski definition) is 2. The van der Waals surface area contributed by atoms with Crippen molar-refractivity contribution in [2.24, 2.45) is 0 Å². The summed E-state index contributed by atoms with van der Waals surface area (Å²) in [7, 11) is 0. The Hall–Kier alpha value is 0.470. The molecular weight excluding hydrogens is 295 g/mol. The van der Waals surface area contributed by atoms with Gasteiger partial charge in [0.2, 0.25) is 0 Å². The molecule has 0 aromatic heterocycles. The van der Waals surface area contributed by atoms with Gasteiger partial charge < -0.3 is 0 Å². The number of esters is 1. The summed E-state index contributed by atoms with van der Waals surface area (Å²) in [6, 6.07) is 0. The molecule has 0 heterocycles. The van der Waals surface area contributed by atoms with Crippen molar-refractivity contribution in [2.45, 2.75) is 113 Å². The zero-order valence-electron chi connectivity index (χ0n) is 16.2. The Bertz CT molecular complexity index is 256. The molecule has 0 aliphatic carbocycles. The van der Waals surface area contributed by atoms with Crippen LogP contribution in [0.2, 0.25) is 3.17 Å². The fourth-order valence-electron chi connectivity index (χ4n) is 3.05. The Morgan fingerprint density at radius 1 is 0.739 bits per heavy atom. The second-order valence-corrected chi connectivity index (χ2v) is 8.43. The molecule has 0 aliphatic heterocycles. The quantitative estimate of drug-likeness (QED) is 0.175. The Morgan fingerprint density at radius 2 is 1.13 bits per heavy atom. The Kier molecular flexibility index (Phi) is 19.2. The molecule has 0 saturated carbocycles. The first-order chi connectivity index (χ1) is 11.2. The molecule has 23 heavy (non-hydrogen) atoms. The van der Waals surface area contributed by atoms with Crippen molar-refractivity contribution >= 4 is 33.9 Å². The zero-order valence-corrected chi connectivity index (χ0v) is 18.2. The van der Waals surface area contributed by atoms with Crippen LogP contribution in [0.5, 0.6) is 0 Å². The Labute approximate surface area is 162 Å². The van der Waals surface area contributed by atoms with Gasteiger partial charge in [-0.2, -0.15) is 0 Å². The van der Waals surface area contributed by atoms with E-state index in [4.69, 9.17) is 4.74 Å². The van der Waals surface area contributed by atoms with E-state index in [-0.39, 0.29) is 9.14 Å². The van der Waals surface area contributed by atoms with Gasteiger partial charge in [0.15, 0.2) is 0 Å². The van der Waals surface area contributed by atoms with Gasteiger partial charge in [0.25, 0.3) is 0 Å². The summed E-state index contributed by atoms with van der Waals surface area (Å²) in [5, 5.41) is 0. The maximum absolute atomic E-state index is 11.5. The number of carbonyl (C=O) groups excluding carboxylic acids is 1. The molecule has 0 aliphatic rings. The predicted octanol–water partition coefficient (Wildman–Crippen LogP) is 6.38. The van der Waals surface area contributed by atoms with Crippen molar-refractivity contribution in [1.29, 1.82) is 0 Å². The molecule has 0 bridgehead atoms. The molecular formula is C20H39NaO2. The van der Waals surface area contributed by atoms with Gasteiger partial charge in [-0.15, -0.1) is 0 Å². The molecule has 1 atom stereocenters. The fraction of sp³-hybridized carbons (Fsp3) is 0.950. The molecule has 1 unspecified atom stereocenters. The summed E-state index contributed by atoms with van der Waals surface area (Å²) in [6.45, 7) is 4.69. The molecule has 0 fully saturated rings. The van der Waals surface area contributed by atoms with E-state index < -0.39 is 0 Å². The minimum absolute atomic E-state index is 0.0360.